The lowest BCUT2D eigenvalue weighted by Crippen LogP contribution is -2.11. The average molecular weight is 230 g/mol. The van der Waals surface area contributed by atoms with E-state index in [2.05, 4.69) is 4.98 Å². The summed E-state index contributed by atoms with van der Waals surface area (Å²) in [6.07, 6.45) is 3.37. The van der Waals surface area contributed by atoms with Crippen molar-refractivity contribution in [2.45, 2.75) is 13.5 Å². The molecule has 1 aromatic carbocycles. The molecule has 1 aromatic heterocycles. The van der Waals surface area contributed by atoms with Gasteiger partial charge in [-0.25, -0.2) is 4.98 Å². The van der Waals surface area contributed by atoms with Crippen LogP contribution < -0.4 is 11.5 Å². The van der Waals surface area contributed by atoms with Crippen molar-refractivity contribution in [3.05, 3.63) is 42.0 Å². The van der Waals surface area contributed by atoms with E-state index in [1.165, 1.54) is 0 Å². The Bertz CT molecular complexity index is 539. The number of carbonyl (C=O) groups excluding carboxylic acids is 1. The summed E-state index contributed by atoms with van der Waals surface area (Å²) >= 11 is 0. The van der Waals surface area contributed by atoms with Crippen molar-refractivity contribution >= 4 is 17.2 Å². The summed E-state index contributed by atoms with van der Waals surface area (Å²) in [6.45, 7) is 2.64. The molecule has 0 radical (unpaired) electrons. The molecule has 0 unspecified atom stereocenters. The Balaban J connectivity index is 2.43. The highest BCUT2D eigenvalue weighted by Gasteiger charge is 2.15. The molecule has 4 N–H and O–H groups in total. The molecule has 0 spiro atoms. The van der Waals surface area contributed by atoms with Crippen LogP contribution in [0.4, 0.5) is 11.4 Å². The Kier molecular flexibility index (Phi) is 2.82. The molecule has 0 amide bonds. The number of nitrogens with two attached hydrogens (primary N) is 2. The van der Waals surface area contributed by atoms with Crippen molar-refractivity contribution in [2.24, 2.45) is 0 Å². The van der Waals surface area contributed by atoms with Gasteiger partial charge < -0.3 is 16.0 Å². The second kappa shape index (κ2) is 4.29. The third kappa shape index (κ3) is 2.13. The minimum Gasteiger partial charge on any atom is -0.399 e. The number of nitrogen functional groups attached to an aromatic ring is 2. The van der Waals surface area contributed by atoms with Gasteiger partial charge >= 0.3 is 0 Å². The molecule has 2 rings (SSSR count). The molecule has 88 valence electrons. The SMILES string of the molecule is CCn1ccnc1C(=O)c1cc(N)cc(N)c1. The molecule has 0 saturated carbocycles. The zero-order chi connectivity index (χ0) is 12.4. The second-order valence-electron chi connectivity index (χ2n) is 3.75. The third-order valence-corrected chi connectivity index (χ3v) is 2.50. The highest BCUT2D eigenvalue weighted by Crippen LogP contribution is 2.16. The summed E-state index contributed by atoms with van der Waals surface area (Å²) < 4.78 is 1.78. The fourth-order valence-electron chi connectivity index (χ4n) is 1.71. The van der Waals surface area contributed by atoms with Gasteiger partial charge in [-0.1, -0.05) is 0 Å². The van der Waals surface area contributed by atoms with Crippen molar-refractivity contribution in [1.82, 2.24) is 9.55 Å². The number of anilines is 2. The first-order valence-electron chi connectivity index (χ1n) is 5.33. The first-order valence-corrected chi connectivity index (χ1v) is 5.33. The average Bonchev–Trinajstić information content (AvgIpc) is 2.74. The fraction of sp³-hybridized carbons (Fsp3) is 0.167. The molecule has 17 heavy (non-hydrogen) atoms. The van der Waals surface area contributed by atoms with Crippen LogP contribution in [0, 0.1) is 0 Å². The number of ketones is 1. The van der Waals surface area contributed by atoms with Gasteiger partial charge in [-0.15, -0.1) is 0 Å². The Hall–Kier alpha value is -2.30. The number of hydrogen-bond donors (Lipinski definition) is 2. The number of rotatable bonds is 3. The number of aromatic nitrogens is 2. The van der Waals surface area contributed by atoms with Crippen molar-refractivity contribution in [1.29, 1.82) is 0 Å². The van der Waals surface area contributed by atoms with Crippen molar-refractivity contribution < 1.29 is 4.79 Å². The van der Waals surface area contributed by atoms with E-state index in [9.17, 15) is 4.79 Å². The monoisotopic (exact) mass is 230 g/mol. The van der Waals surface area contributed by atoms with Crippen LogP contribution in [0.15, 0.2) is 30.6 Å². The van der Waals surface area contributed by atoms with Crippen LogP contribution in [0.1, 0.15) is 23.1 Å². The number of imidazole rings is 1. The Morgan fingerprint density at radius 1 is 1.29 bits per heavy atom. The minimum atomic E-state index is -0.171. The fourth-order valence-corrected chi connectivity index (χ4v) is 1.71. The highest BCUT2D eigenvalue weighted by molar-refractivity contribution is 6.07. The lowest BCUT2D eigenvalue weighted by Gasteiger charge is -2.05. The summed E-state index contributed by atoms with van der Waals surface area (Å²) in [6, 6.07) is 4.82. The van der Waals surface area contributed by atoms with Crippen molar-refractivity contribution in [3.63, 3.8) is 0 Å². The van der Waals surface area contributed by atoms with Crippen LogP contribution in [-0.4, -0.2) is 15.3 Å². The summed E-state index contributed by atoms with van der Waals surface area (Å²) in [7, 11) is 0. The molecule has 5 heteroatoms. The molecule has 0 bridgehead atoms. The molecule has 0 aliphatic rings. The Morgan fingerprint density at radius 2 is 1.94 bits per heavy atom. The topological polar surface area (TPSA) is 86.9 Å². The Labute approximate surface area is 99.1 Å². The quantitative estimate of drug-likeness (QED) is 0.614. The molecule has 0 aliphatic heterocycles. The number of nitrogens with zero attached hydrogens (tertiary/aromatic N) is 2. The third-order valence-electron chi connectivity index (χ3n) is 2.50. The first-order chi connectivity index (χ1) is 8.11. The predicted octanol–water partition coefficient (Wildman–Crippen LogP) is 1.30. The number of carbonyl (C=O) groups is 1. The van der Waals surface area contributed by atoms with Crippen LogP contribution in [-0.2, 0) is 6.54 Å². The van der Waals surface area contributed by atoms with Crippen molar-refractivity contribution in [3.8, 4) is 0 Å². The largest absolute Gasteiger partial charge is 0.399 e. The molecule has 5 nitrogen and oxygen atoms in total. The summed E-state index contributed by atoms with van der Waals surface area (Å²) in [5, 5.41) is 0. The second-order valence-corrected chi connectivity index (χ2v) is 3.75. The van der Waals surface area contributed by atoms with Crippen LogP contribution >= 0.6 is 0 Å². The number of hydrogen-bond acceptors (Lipinski definition) is 4. The molecule has 0 fully saturated rings. The van der Waals surface area contributed by atoms with Gasteiger partial charge in [-0.3, -0.25) is 4.79 Å². The first kappa shape index (κ1) is 11.2. The van der Waals surface area contributed by atoms with E-state index >= 15 is 0 Å². The highest BCUT2D eigenvalue weighted by atomic mass is 16.1. The van der Waals surface area contributed by atoms with Gasteiger partial charge in [0.05, 0.1) is 0 Å². The molecule has 0 atom stereocenters. The molecular weight excluding hydrogens is 216 g/mol. The van der Waals surface area contributed by atoms with Crippen LogP contribution in [0.25, 0.3) is 0 Å². The maximum Gasteiger partial charge on any atom is 0.228 e. The van der Waals surface area contributed by atoms with Gasteiger partial charge in [0.25, 0.3) is 0 Å². The number of benzene rings is 1. The smallest absolute Gasteiger partial charge is 0.228 e. The minimum absolute atomic E-state index is 0.171. The van der Waals surface area contributed by atoms with E-state index in [4.69, 9.17) is 11.5 Å². The summed E-state index contributed by atoms with van der Waals surface area (Å²) in [5.41, 5.74) is 12.7. The maximum atomic E-state index is 12.2. The standard InChI is InChI=1S/C12H14N4O/c1-2-16-4-3-15-12(16)11(17)8-5-9(13)7-10(14)6-8/h3-7H,2,13-14H2,1H3. The van der Waals surface area contributed by atoms with Gasteiger partial charge in [0.15, 0.2) is 5.82 Å². The van der Waals surface area contributed by atoms with E-state index in [-0.39, 0.29) is 5.78 Å². The van der Waals surface area contributed by atoms with E-state index < -0.39 is 0 Å². The lowest BCUT2D eigenvalue weighted by molar-refractivity contribution is 0.102. The summed E-state index contributed by atoms with van der Waals surface area (Å²) in [5.74, 6) is 0.230. The van der Waals surface area contributed by atoms with Crippen LogP contribution in [0.3, 0.4) is 0 Å². The summed E-state index contributed by atoms with van der Waals surface area (Å²) in [4.78, 5) is 16.3. The van der Waals surface area contributed by atoms with Crippen LogP contribution in [0.5, 0.6) is 0 Å². The van der Waals surface area contributed by atoms with Gasteiger partial charge in [0.1, 0.15) is 0 Å². The van der Waals surface area contributed by atoms with Crippen molar-refractivity contribution in [2.75, 3.05) is 11.5 Å². The van der Waals surface area contributed by atoms with Gasteiger partial charge in [-0.2, -0.15) is 0 Å². The van der Waals surface area contributed by atoms with Gasteiger partial charge in [0.2, 0.25) is 5.78 Å². The van der Waals surface area contributed by atoms with E-state index in [0.717, 1.165) is 0 Å². The molecule has 1 heterocycles. The van der Waals surface area contributed by atoms with E-state index in [0.29, 0.717) is 29.3 Å². The maximum absolute atomic E-state index is 12.2. The Morgan fingerprint density at radius 3 is 2.53 bits per heavy atom. The predicted molar refractivity (Wildman–Crippen MR) is 66.6 cm³/mol. The zero-order valence-corrected chi connectivity index (χ0v) is 9.55. The molecular formula is C12H14N4O. The normalized spacial score (nSPS) is 10.4. The van der Waals surface area contributed by atoms with Crippen LogP contribution in [0.2, 0.25) is 0 Å². The molecule has 0 saturated heterocycles. The van der Waals surface area contributed by atoms with Gasteiger partial charge in [0, 0.05) is 35.9 Å². The van der Waals surface area contributed by atoms with E-state index in [1.54, 1.807) is 35.2 Å². The molecule has 2 aromatic rings. The zero-order valence-electron chi connectivity index (χ0n) is 9.55. The lowest BCUT2D eigenvalue weighted by atomic mass is 10.1. The van der Waals surface area contributed by atoms with Gasteiger partial charge in [-0.05, 0) is 25.1 Å². The van der Waals surface area contributed by atoms with E-state index in [1.807, 2.05) is 6.92 Å². The molecule has 0 aliphatic carbocycles. The number of aryl methyl sites for hydroxylation is 1.